The molecule has 1 amide bonds. The second-order valence-corrected chi connectivity index (χ2v) is 4.35. The molecule has 1 aromatic heterocycles. The van der Waals surface area contributed by atoms with Gasteiger partial charge in [-0.3, -0.25) is 4.79 Å². The third-order valence-corrected chi connectivity index (χ3v) is 2.67. The Morgan fingerprint density at radius 1 is 1.29 bits per heavy atom. The average molecular weight is 278 g/mol. The third-order valence-electron chi connectivity index (χ3n) is 2.67. The normalized spacial score (nSPS) is 10.6. The summed E-state index contributed by atoms with van der Waals surface area (Å²) >= 11 is 0. The number of nitrogens with one attached hydrogen (secondary N) is 2. The molecule has 0 aliphatic heterocycles. The third kappa shape index (κ3) is 4.18. The van der Waals surface area contributed by atoms with Gasteiger partial charge in [0.05, 0.1) is 0 Å². The van der Waals surface area contributed by atoms with Crippen LogP contribution in [0.2, 0.25) is 0 Å². The Labute approximate surface area is 122 Å². The summed E-state index contributed by atoms with van der Waals surface area (Å²) in [6, 6.07) is 14.6. The van der Waals surface area contributed by atoms with Crippen LogP contribution in [0.4, 0.5) is 11.5 Å². The van der Waals surface area contributed by atoms with E-state index in [2.05, 4.69) is 15.6 Å². The number of carbonyl (C=O) groups excluding carboxylic acids is 1. The number of hydrogen-bond acceptors (Lipinski definition) is 4. The summed E-state index contributed by atoms with van der Waals surface area (Å²) in [5.74, 6) is 0.0973. The summed E-state index contributed by atoms with van der Waals surface area (Å²) in [6.45, 7) is 1.93. The van der Waals surface area contributed by atoms with E-state index in [4.69, 9.17) is 5.26 Å². The van der Waals surface area contributed by atoms with Crippen LogP contribution in [0.15, 0.2) is 60.4 Å². The van der Waals surface area contributed by atoms with Gasteiger partial charge in [0.15, 0.2) is 0 Å². The van der Waals surface area contributed by atoms with Gasteiger partial charge in [-0.25, -0.2) is 4.98 Å². The number of anilines is 2. The standard InChI is InChI=1S/C16H14N4O/c1-12-5-4-6-14(9-12)20-16(21)13(10-17)11-19-15-7-2-3-8-18-15/h2-9,11H,1H3,(H,18,19)(H,20,21)/b13-11-. The second kappa shape index (κ2) is 6.87. The number of benzene rings is 1. The van der Waals surface area contributed by atoms with E-state index in [-0.39, 0.29) is 5.57 Å². The molecule has 0 saturated heterocycles. The van der Waals surface area contributed by atoms with E-state index >= 15 is 0 Å². The SMILES string of the molecule is Cc1cccc(NC(=O)/C(C#N)=C\Nc2ccccn2)c1. The molecule has 0 radical (unpaired) electrons. The molecule has 1 aromatic carbocycles. The minimum atomic E-state index is -0.466. The summed E-state index contributed by atoms with van der Waals surface area (Å²) in [5, 5.41) is 14.6. The lowest BCUT2D eigenvalue weighted by molar-refractivity contribution is -0.112. The molecule has 2 aromatic rings. The first kappa shape index (κ1) is 14.3. The molecule has 0 saturated carbocycles. The van der Waals surface area contributed by atoms with E-state index in [0.717, 1.165) is 5.56 Å². The molecule has 0 bridgehead atoms. The van der Waals surface area contributed by atoms with Gasteiger partial charge in [0.1, 0.15) is 17.5 Å². The summed E-state index contributed by atoms with van der Waals surface area (Å²) < 4.78 is 0. The zero-order valence-corrected chi connectivity index (χ0v) is 11.5. The highest BCUT2D eigenvalue weighted by Crippen LogP contribution is 2.11. The fourth-order valence-electron chi connectivity index (χ4n) is 1.66. The highest BCUT2D eigenvalue weighted by atomic mass is 16.1. The molecule has 2 N–H and O–H groups in total. The molecule has 2 rings (SSSR count). The number of aryl methyl sites for hydroxylation is 1. The van der Waals surface area contributed by atoms with Crippen molar-refractivity contribution in [3.05, 3.63) is 66.0 Å². The maximum absolute atomic E-state index is 12.0. The summed E-state index contributed by atoms with van der Waals surface area (Å²) in [5.41, 5.74) is 1.66. The van der Waals surface area contributed by atoms with Gasteiger partial charge in [0, 0.05) is 18.1 Å². The van der Waals surface area contributed by atoms with Crippen molar-refractivity contribution in [1.29, 1.82) is 5.26 Å². The zero-order valence-electron chi connectivity index (χ0n) is 11.5. The Hall–Kier alpha value is -3.13. The Balaban J connectivity index is 2.07. The molecule has 0 atom stereocenters. The van der Waals surface area contributed by atoms with Crippen molar-refractivity contribution < 1.29 is 4.79 Å². The molecule has 104 valence electrons. The van der Waals surface area contributed by atoms with Crippen LogP contribution in [0.5, 0.6) is 0 Å². The number of pyridine rings is 1. The van der Waals surface area contributed by atoms with Crippen molar-refractivity contribution in [2.75, 3.05) is 10.6 Å². The fourth-order valence-corrected chi connectivity index (χ4v) is 1.66. The smallest absolute Gasteiger partial charge is 0.267 e. The van der Waals surface area contributed by atoms with Gasteiger partial charge in [-0.15, -0.1) is 0 Å². The van der Waals surface area contributed by atoms with Gasteiger partial charge in [-0.05, 0) is 36.8 Å². The number of amides is 1. The molecule has 1 heterocycles. The second-order valence-electron chi connectivity index (χ2n) is 4.35. The van der Waals surface area contributed by atoms with Crippen molar-refractivity contribution in [3.8, 4) is 6.07 Å². The molecule has 0 aliphatic carbocycles. The van der Waals surface area contributed by atoms with Crippen molar-refractivity contribution >= 4 is 17.4 Å². The van der Waals surface area contributed by atoms with Gasteiger partial charge in [-0.1, -0.05) is 18.2 Å². The molecule has 0 spiro atoms. The quantitative estimate of drug-likeness (QED) is 0.666. The zero-order chi connectivity index (χ0) is 15.1. The maximum Gasteiger partial charge on any atom is 0.267 e. The summed E-state index contributed by atoms with van der Waals surface area (Å²) in [4.78, 5) is 16.1. The van der Waals surface area contributed by atoms with Crippen molar-refractivity contribution in [3.63, 3.8) is 0 Å². The van der Waals surface area contributed by atoms with Crippen LogP contribution in [0.1, 0.15) is 5.56 Å². The van der Waals surface area contributed by atoms with E-state index in [1.165, 1.54) is 6.20 Å². The van der Waals surface area contributed by atoms with Crippen LogP contribution in [-0.4, -0.2) is 10.9 Å². The lowest BCUT2D eigenvalue weighted by Gasteiger charge is -2.05. The first-order valence-electron chi connectivity index (χ1n) is 6.35. The summed E-state index contributed by atoms with van der Waals surface area (Å²) in [6.07, 6.45) is 2.96. The minimum absolute atomic E-state index is 0.0258. The van der Waals surface area contributed by atoms with E-state index in [9.17, 15) is 4.79 Å². The number of nitrogens with zero attached hydrogens (tertiary/aromatic N) is 2. The van der Waals surface area contributed by atoms with E-state index < -0.39 is 5.91 Å². The van der Waals surface area contributed by atoms with Crippen molar-refractivity contribution in [1.82, 2.24) is 4.98 Å². The highest BCUT2D eigenvalue weighted by molar-refractivity contribution is 6.06. The highest BCUT2D eigenvalue weighted by Gasteiger charge is 2.09. The molecule has 0 fully saturated rings. The van der Waals surface area contributed by atoms with Gasteiger partial charge in [0.2, 0.25) is 0 Å². The number of hydrogen-bond donors (Lipinski definition) is 2. The first-order valence-corrected chi connectivity index (χ1v) is 6.35. The van der Waals surface area contributed by atoms with E-state index in [1.807, 2.05) is 37.3 Å². The topological polar surface area (TPSA) is 77.8 Å². The molecule has 5 nitrogen and oxygen atoms in total. The van der Waals surface area contributed by atoms with Gasteiger partial charge >= 0.3 is 0 Å². The largest absolute Gasteiger partial charge is 0.345 e. The van der Waals surface area contributed by atoms with Crippen LogP contribution < -0.4 is 10.6 Å². The van der Waals surface area contributed by atoms with Gasteiger partial charge in [0.25, 0.3) is 5.91 Å². The monoisotopic (exact) mass is 278 g/mol. The maximum atomic E-state index is 12.0. The molecular formula is C16H14N4O. The molecular weight excluding hydrogens is 264 g/mol. The van der Waals surface area contributed by atoms with Crippen LogP contribution in [-0.2, 0) is 4.79 Å². The van der Waals surface area contributed by atoms with E-state index in [1.54, 1.807) is 24.4 Å². The number of aromatic nitrogens is 1. The van der Waals surface area contributed by atoms with Crippen LogP contribution in [0.25, 0.3) is 0 Å². The first-order chi connectivity index (χ1) is 10.2. The predicted octanol–water partition coefficient (Wildman–Crippen LogP) is 2.85. The van der Waals surface area contributed by atoms with Crippen LogP contribution in [0.3, 0.4) is 0 Å². The number of rotatable bonds is 4. The van der Waals surface area contributed by atoms with Crippen LogP contribution in [0, 0.1) is 18.3 Å². The lowest BCUT2D eigenvalue weighted by atomic mass is 10.2. The fraction of sp³-hybridized carbons (Fsp3) is 0.0625. The van der Waals surface area contributed by atoms with Crippen LogP contribution >= 0.6 is 0 Å². The number of carbonyl (C=O) groups is 1. The number of nitriles is 1. The van der Waals surface area contributed by atoms with Crippen molar-refractivity contribution in [2.24, 2.45) is 0 Å². The Morgan fingerprint density at radius 3 is 2.81 bits per heavy atom. The Bertz CT molecular complexity index is 702. The Kier molecular flexibility index (Phi) is 4.67. The van der Waals surface area contributed by atoms with Crippen molar-refractivity contribution in [2.45, 2.75) is 6.92 Å². The van der Waals surface area contributed by atoms with Gasteiger partial charge in [-0.2, -0.15) is 5.26 Å². The summed E-state index contributed by atoms with van der Waals surface area (Å²) in [7, 11) is 0. The molecule has 5 heteroatoms. The average Bonchev–Trinajstić information content (AvgIpc) is 2.49. The Morgan fingerprint density at radius 2 is 2.14 bits per heavy atom. The van der Waals surface area contributed by atoms with Gasteiger partial charge < -0.3 is 10.6 Å². The molecule has 0 aliphatic rings. The molecule has 0 unspecified atom stereocenters. The van der Waals surface area contributed by atoms with E-state index in [0.29, 0.717) is 11.5 Å². The lowest BCUT2D eigenvalue weighted by Crippen LogP contribution is -2.14. The predicted molar refractivity (Wildman–Crippen MR) is 81.4 cm³/mol. The minimum Gasteiger partial charge on any atom is -0.345 e. The molecule has 21 heavy (non-hydrogen) atoms.